The van der Waals surface area contributed by atoms with Crippen LogP contribution in [-0.4, -0.2) is 61.6 Å². The van der Waals surface area contributed by atoms with Gasteiger partial charge in [0.1, 0.15) is 5.25 Å². The molecule has 0 bridgehead atoms. The first-order valence-corrected chi connectivity index (χ1v) is 9.09. The Kier molecular flexibility index (Phi) is 5.20. The first-order valence-electron chi connectivity index (χ1n) is 8.21. The van der Waals surface area contributed by atoms with E-state index >= 15 is 0 Å². The van der Waals surface area contributed by atoms with Crippen LogP contribution in [0.4, 0.5) is 5.95 Å². The highest BCUT2D eigenvalue weighted by molar-refractivity contribution is 8.00. The molecule has 1 aliphatic heterocycles. The molecule has 1 unspecified atom stereocenters. The predicted molar refractivity (Wildman–Crippen MR) is 99.7 cm³/mol. The SMILES string of the molecule is CC#Cn1c(N2CCNCC2)nc2nc(SC(C)C(=O)O)n(C)c(=O)c21. The van der Waals surface area contributed by atoms with E-state index in [1.54, 1.807) is 25.5 Å². The van der Waals surface area contributed by atoms with E-state index < -0.39 is 11.2 Å². The molecule has 2 aromatic heterocycles. The second-order valence-electron chi connectivity index (χ2n) is 5.88. The van der Waals surface area contributed by atoms with Gasteiger partial charge in [0.2, 0.25) is 5.95 Å². The van der Waals surface area contributed by atoms with E-state index in [1.807, 2.05) is 0 Å². The van der Waals surface area contributed by atoms with Gasteiger partial charge in [0, 0.05) is 39.3 Å². The molecule has 3 rings (SSSR count). The fraction of sp³-hybridized carbons (Fsp3) is 0.500. The maximum Gasteiger partial charge on any atom is 0.316 e. The van der Waals surface area contributed by atoms with Crippen molar-refractivity contribution in [3.63, 3.8) is 0 Å². The van der Waals surface area contributed by atoms with Gasteiger partial charge in [-0.2, -0.15) is 4.98 Å². The minimum Gasteiger partial charge on any atom is -0.480 e. The number of nitrogens with zero attached hydrogens (tertiary/aromatic N) is 5. The average molecular weight is 376 g/mol. The van der Waals surface area contributed by atoms with Crippen LogP contribution in [-0.2, 0) is 11.8 Å². The first kappa shape index (κ1) is 18.3. The molecule has 0 aliphatic carbocycles. The van der Waals surface area contributed by atoms with Crippen LogP contribution in [0.2, 0.25) is 0 Å². The molecule has 0 spiro atoms. The normalized spacial score (nSPS) is 15.6. The van der Waals surface area contributed by atoms with Gasteiger partial charge >= 0.3 is 5.97 Å². The summed E-state index contributed by atoms with van der Waals surface area (Å²) in [6.45, 7) is 6.41. The monoisotopic (exact) mass is 376 g/mol. The third-order valence-corrected chi connectivity index (χ3v) is 5.22. The largest absolute Gasteiger partial charge is 0.480 e. The maximum absolute atomic E-state index is 12.9. The Morgan fingerprint density at radius 1 is 1.35 bits per heavy atom. The zero-order chi connectivity index (χ0) is 18.8. The van der Waals surface area contributed by atoms with E-state index in [9.17, 15) is 9.59 Å². The minimum atomic E-state index is -0.965. The van der Waals surface area contributed by atoms with Crippen molar-refractivity contribution in [2.75, 3.05) is 31.1 Å². The van der Waals surface area contributed by atoms with Crippen molar-refractivity contribution in [2.24, 2.45) is 7.05 Å². The lowest BCUT2D eigenvalue weighted by molar-refractivity contribution is -0.136. The van der Waals surface area contributed by atoms with E-state index in [2.05, 4.69) is 32.1 Å². The first-order chi connectivity index (χ1) is 12.4. The van der Waals surface area contributed by atoms with Crippen LogP contribution in [0.3, 0.4) is 0 Å². The standard InChI is InChI=1S/C16H20N6O3S/c1-4-7-22-11-12(18-15(22)21-8-5-17-6-9-21)19-16(20(3)13(11)23)26-10(2)14(24)25/h10,17H,5-6,8-9H2,1-3H3,(H,24,25). The van der Waals surface area contributed by atoms with Crippen molar-refractivity contribution in [3.05, 3.63) is 10.4 Å². The number of carbonyl (C=O) groups is 1. The number of fused-ring (bicyclic) bond motifs is 1. The number of aromatic nitrogens is 4. The average Bonchev–Trinajstić information content (AvgIpc) is 2.98. The number of hydrogen-bond acceptors (Lipinski definition) is 7. The number of rotatable bonds is 4. The summed E-state index contributed by atoms with van der Waals surface area (Å²) < 4.78 is 2.94. The van der Waals surface area contributed by atoms with Crippen molar-refractivity contribution in [1.82, 2.24) is 24.4 Å². The molecule has 26 heavy (non-hydrogen) atoms. The van der Waals surface area contributed by atoms with Crippen LogP contribution < -0.4 is 15.8 Å². The lowest BCUT2D eigenvalue weighted by Crippen LogP contribution is -2.44. The van der Waals surface area contributed by atoms with Crippen LogP contribution in [0.5, 0.6) is 0 Å². The summed E-state index contributed by atoms with van der Waals surface area (Å²) in [4.78, 5) is 35.1. The van der Waals surface area contributed by atoms with Crippen molar-refractivity contribution in [1.29, 1.82) is 0 Å². The van der Waals surface area contributed by atoms with Crippen LogP contribution in [0.1, 0.15) is 13.8 Å². The van der Waals surface area contributed by atoms with Crippen LogP contribution in [0.25, 0.3) is 11.2 Å². The van der Waals surface area contributed by atoms with Crippen molar-refractivity contribution in [2.45, 2.75) is 24.3 Å². The van der Waals surface area contributed by atoms with Crippen molar-refractivity contribution in [3.8, 4) is 12.0 Å². The highest BCUT2D eigenvalue weighted by Gasteiger charge is 2.24. The summed E-state index contributed by atoms with van der Waals surface area (Å²) in [6.07, 6.45) is 0. The van der Waals surface area contributed by atoms with Gasteiger partial charge in [-0.3, -0.25) is 14.2 Å². The third-order valence-electron chi connectivity index (χ3n) is 4.09. The number of imidazole rings is 1. The molecule has 0 amide bonds. The number of nitrogens with one attached hydrogen (secondary N) is 1. The number of carboxylic acid groups (broad SMARTS) is 1. The number of piperazine rings is 1. The molecule has 10 heteroatoms. The maximum atomic E-state index is 12.9. The number of aliphatic carboxylic acids is 1. The predicted octanol–water partition coefficient (Wildman–Crippen LogP) is -0.0663. The highest BCUT2D eigenvalue weighted by Crippen LogP contribution is 2.24. The zero-order valence-corrected chi connectivity index (χ0v) is 15.6. The molecule has 3 heterocycles. The van der Waals surface area contributed by atoms with Gasteiger partial charge in [0.05, 0.1) is 0 Å². The zero-order valence-electron chi connectivity index (χ0n) is 14.8. The fourth-order valence-corrected chi connectivity index (χ4v) is 3.48. The van der Waals surface area contributed by atoms with Crippen molar-refractivity contribution >= 4 is 34.8 Å². The third kappa shape index (κ3) is 3.27. The number of hydrogen-bond donors (Lipinski definition) is 2. The summed E-state index contributed by atoms with van der Waals surface area (Å²) in [5.41, 5.74) is 0.291. The quantitative estimate of drug-likeness (QED) is 0.434. The summed E-state index contributed by atoms with van der Waals surface area (Å²) >= 11 is 1.01. The molecule has 0 saturated carbocycles. The van der Waals surface area contributed by atoms with Gasteiger partial charge in [-0.15, -0.1) is 0 Å². The van der Waals surface area contributed by atoms with Gasteiger partial charge in [0.15, 0.2) is 16.3 Å². The summed E-state index contributed by atoms with van der Waals surface area (Å²) in [7, 11) is 1.58. The number of thioether (sulfide) groups is 1. The Bertz CT molecular complexity index is 964. The van der Waals surface area contributed by atoms with Crippen molar-refractivity contribution < 1.29 is 9.90 Å². The van der Waals surface area contributed by atoms with Gasteiger partial charge in [-0.25, -0.2) is 9.55 Å². The molecule has 9 nitrogen and oxygen atoms in total. The molecule has 1 fully saturated rings. The van der Waals surface area contributed by atoms with Gasteiger partial charge in [-0.05, 0) is 13.8 Å². The Hall–Kier alpha value is -2.51. The number of carboxylic acids is 1. The molecule has 2 N–H and O–H groups in total. The molecule has 2 aromatic rings. The summed E-state index contributed by atoms with van der Waals surface area (Å²) in [6, 6.07) is 2.93. The van der Waals surface area contributed by atoms with Gasteiger partial charge in [-0.1, -0.05) is 17.7 Å². The van der Waals surface area contributed by atoms with Crippen LogP contribution in [0.15, 0.2) is 9.95 Å². The molecule has 0 radical (unpaired) electrons. The molecule has 0 aromatic carbocycles. The number of anilines is 1. The van der Waals surface area contributed by atoms with Crippen LogP contribution in [0, 0.1) is 12.0 Å². The lowest BCUT2D eigenvalue weighted by Gasteiger charge is -2.27. The highest BCUT2D eigenvalue weighted by atomic mass is 32.2. The summed E-state index contributed by atoms with van der Waals surface area (Å²) in [5.74, 6) is 2.45. The molecule has 1 saturated heterocycles. The molecule has 1 atom stereocenters. The minimum absolute atomic E-state index is 0.282. The lowest BCUT2D eigenvalue weighted by atomic mass is 10.4. The Balaban J connectivity index is 2.17. The van der Waals surface area contributed by atoms with Gasteiger partial charge in [0.25, 0.3) is 5.56 Å². The second-order valence-corrected chi connectivity index (χ2v) is 7.18. The summed E-state index contributed by atoms with van der Waals surface area (Å²) in [5, 5.41) is 12.0. The molecule has 138 valence electrons. The fourth-order valence-electron chi connectivity index (χ4n) is 2.69. The topological polar surface area (TPSA) is 105 Å². The molecule has 1 aliphatic rings. The van der Waals surface area contributed by atoms with E-state index in [0.717, 1.165) is 37.9 Å². The Morgan fingerprint density at radius 2 is 2.04 bits per heavy atom. The van der Waals surface area contributed by atoms with Gasteiger partial charge < -0.3 is 15.3 Å². The van der Waals surface area contributed by atoms with E-state index in [-0.39, 0.29) is 11.2 Å². The Morgan fingerprint density at radius 3 is 2.65 bits per heavy atom. The molecular formula is C16H20N6O3S. The van der Waals surface area contributed by atoms with E-state index in [1.165, 1.54) is 4.57 Å². The second kappa shape index (κ2) is 7.39. The molecular weight excluding hydrogens is 356 g/mol. The van der Waals surface area contributed by atoms with E-state index in [0.29, 0.717) is 16.6 Å². The van der Waals surface area contributed by atoms with Crippen LogP contribution >= 0.6 is 11.8 Å². The van der Waals surface area contributed by atoms with E-state index in [4.69, 9.17) is 5.11 Å². The smallest absolute Gasteiger partial charge is 0.316 e. The Labute approximate surface area is 154 Å².